The summed E-state index contributed by atoms with van der Waals surface area (Å²) < 4.78 is 24.7. The van der Waals surface area contributed by atoms with Crippen LogP contribution in [-0.2, 0) is 10.2 Å². The van der Waals surface area contributed by atoms with E-state index in [-0.39, 0.29) is 0 Å². The topological polar surface area (TPSA) is 105 Å². The van der Waals surface area contributed by atoms with Gasteiger partial charge in [-0.3, -0.25) is 4.98 Å². The van der Waals surface area contributed by atoms with E-state index in [0.29, 0.717) is 32.0 Å². The van der Waals surface area contributed by atoms with Crippen LogP contribution in [0.5, 0.6) is 0 Å². The standard InChI is InChI=1S/C21H20N6O2S2/c22-31(28,29)27-11-9-26(10-12-27)20-17-13-18(15-5-2-1-3-6-15)30-21(17)25-19(24-20)16-7-4-8-23-14-16/h1-8,13-14H,9-12H2,(H2,22,28,29). The molecule has 1 fully saturated rings. The molecule has 1 saturated heterocycles. The number of benzene rings is 1. The van der Waals surface area contributed by atoms with Gasteiger partial charge in [-0.2, -0.15) is 12.7 Å². The smallest absolute Gasteiger partial charge is 0.277 e. The van der Waals surface area contributed by atoms with Crippen LogP contribution in [-0.4, -0.2) is 53.9 Å². The summed E-state index contributed by atoms with van der Waals surface area (Å²) in [5, 5.41) is 6.26. The maximum absolute atomic E-state index is 11.7. The van der Waals surface area contributed by atoms with Crippen molar-refractivity contribution < 1.29 is 8.42 Å². The summed E-state index contributed by atoms with van der Waals surface area (Å²) >= 11 is 1.62. The lowest BCUT2D eigenvalue weighted by Crippen LogP contribution is -2.51. The third kappa shape index (κ3) is 4.02. The van der Waals surface area contributed by atoms with Gasteiger partial charge in [0.1, 0.15) is 10.6 Å². The highest BCUT2D eigenvalue weighted by molar-refractivity contribution is 7.86. The predicted octanol–water partition coefficient (Wildman–Crippen LogP) is 2.75. The third-order valence-electron chi connectivity index (χ3n) is 5.25. The summed E-state index contributed by atoms with van der Waals surface area (Å²) in [5.74, 6) is 1.40. The van der Waals surface area contributed by atoms with Crippen LogP contribution in [0.15, 0.2) is 60.9 Å². The number of nitrogens with two attached hydrogens (primary N) is 1. The van der Waals surface area contributed by atoms with E-state index in [4.69, 9.17) is 15.1 Å². The Hall–Kier alpha value is -2.92. The second-order valence-electron chi connectivity index (χ2n) is 7.24. The molecule has 2 N–H and O–H groups in total. The summed E-state index contributed by atoms with van der Waals surface area (Å²) in [7, 11) is -3.69. The van der Waals surface area contributed by atoms with Crippen molar-refractivity contribution in [3.05, 3.63) is 60.9 Å². The van der Waals surface area contributed by atoms with Crippen molar-refractivity contribution in [2.45, 2.75) is 0 Å². The Kier molecular flexibility index (Phi) is 5.14. The average molecular weight is 453 g/mol. The zero-order chi connectivity index (χ0) is 21.4. The van der Waals surface area contributed by atoms with Crippen molar-refractivity contribution in [1.29, 1.82) is 0 Å². The van der Waals surface area contributed by atoms with Gasteiger partial charge in [0.15, 0.2) is 5.82 Å². The Morgan fingerprint density at radius 1 is 0.935 bits per heavy atom. The molecular weight excluding hydrogens is 432 g/mol. The zero-order valence-electron chi connectivity index (χ0n) is 16.5. The minimum atomic E-state index is -3.69. The van der Waals surface area contributed by atoms with Gasteiger partial charge in [-0.05, 0) is 23.8 Å². The lowest BCUT2D eigenvalue weighted by Gasteiger charge is -2.34. The van der Waals surface area contributed by atoms with Crippen LogP contribution in [0.25, 0.3) is 32.0 Å². The Morgan fingerprint density at radius 3 is 2.35 bits per heavy atom. The fourth-order valence-electron chi connectivity index (χ4n) is 3.67. The molecule has 0 saturated carbocycles. The highest BCUT2D eigenvalue weighted by Gasteiger charge is 2.27. The van der Waals surface area contributed by atoms with Crippen LogP contribution >= 0.6 is 11.3 Å². The van der Waals surface area contributed by atoms with Gasteiger partial charge in [-0.1, -0.05) is 30.3 Å². The van der Waals surface area contributed by atoms with E-state index < -0.39 is 10.2 Å². The molecule has 5 rings (SSSR count). The van der Waals surface area contributed by atoms with Crippen molar-refractivity contribution in [2.24, 2.45) is 5.14 Å². The molecule has 158 valence electrons. The number of aromatic nitrogens is 3. The average Bonchev–Trinajstić information content (AvgIpc) is 3.23. The van der Waals surface area contributed by atoms with Gasteiger partial charge < -0.3 is 4.90 Å². The summed E-state index contributed by atoms with van der Waals surface area (Å²) in [5.41, 5.74) is 1.96. The number of hydrogen-bond donors (Lipinski definition) is 1. The lowest BCUT2D eigenvalue weighted by molar-refractivity contribution is 0.385. The number of hydrogen-bond acceptors (Lipinski definition) is 7. The molecule has 0 atom stereocenters. The zero-order valence-corrected chi connectivity index (χ0v) is 18.2. The van der Waals surface area contributed by atoms with Crippen LogP contribution < -0.4 is 10.0 Å². The number of anilines is 1. The molecule has 8 nitrogen and oxygen atoms in total. The van der Waals surface area contributed by atoms with Gasteiger partial charge in [0.05, 0.1) is 5.39 Å². The van der Waals surface area contributed by atoms with Crippen LogP contribution in [0.4, 0.5) is 5.82 Å². The molecule has 10 heteroatoms. The molecule has 0 aliphatic carbocycles. The molecule has 1 aliphatic rings. The quantitative estimate of drug-likeness (QED) is 0.510. The number of fused-ring (bicyclic) bond motifs is 1. The summed E-state index contributed by atoms with van der Waals surface area (Å²) in [6.07, 6.45) is 3.46. The molecule has 0 spiro atoms. The highest BCUT2D eigenvalue weighted by Crippen LogP contribution is 2.38. The van der Waals surface area contributed by atoms with E-state index in [1.807, 2.05) is 30.3 Å². The molecule has 0 bridgehead atoms. The number of thiophene rings is 1. The molecule has 0 radical (unpaired) electrons. The van der Waals surface area contributed by atoms with Gasteiger partial charge >= 0.3 is 0 Å². The van der Waals surface area contributed by atoms with Crippen molar-refractivity contribution in [3.63, 3.8) is 0 Å². The largest absolute Gasteiger partial charge is 0.353 e. The maximum atomic E-state index is 11.7. The molecule has 3 aromatic heterocycles. The Morgan fingerprint density at radius 2 is 1.68 bits per heavy atom. The van der Waals surface area contributed by atoms with Gasteiger partial charge in [0, 0.05) is 49.0 Å². The molecule has 1 aromatic carbocycles. The molecule has 4 heterocycles. The minimum Gasteiger partial charge on any atom is -0.353 e. The fourth-order valence-corrected chi connectivity index (χ4v) is 5.37. The fraction of sp³-hybridized carbons (Fsp3) is 0.190. The van der Waals surface area contributed by atoms with E-state index in [9.17, 15) is 8.42 Å². The summed E-state index contributed by atoms with van der Waals surface area (Å²) in [6, 6.07) is 16.1. The molecule has 4 aromatic rings. The SMILES string of the molecule is NS(=O)(=O)N1CCN(c2nc(-c3cccnc3)nc3sc(-c4ccccc4)cc23)CC1. The van der Waals surface area contributed by atoms with Gasteiger partial charge in [-0.15, -0.1) is 11.3 Å². The highest BCUT2D eigenvalue weighted by atomic mass is 32.2. The Bertz CT molecular complexity index is 1320. The van der Waals surface area contributed by atoms with Crippen LogP contribution in [0.3, 0.4) is 0 Å². The second-order valence-corrected chi connectivity index (χ2v) is 9.82. The monoisotopic (exact) mass is 452 g/mol. The number of piperazine rings is 1. The van der Waals surface area contributed by atoms with Gasteiger partial charge in [-0.25, -0.2) is 15.1 Å². The predicted molar refractivity (Wildman–Crippen MR) is 123 cm³/mol. The third-order valence-corrected chi connectivity index (χ3v) is 7.41. The first-order valence-electron chi connectivity index (χ1n) is 9.79. The first-order valence-corrected chi connectivity index (χ1v) is 12.1. The van der Waals surface area contributed by atoms with E-state index in [1.165, 1.54) is 4.31 Å². The number of pyridine rings is 1. The van der Waals surface area contributed by atoms with E-state index >= 15 is 0 Å². The maximum Gasteiger partial charge on any atom is 0.277 e. The van der Waals surface area contributed by atoms with Crippen LogP contribution in [0.1, 0.15) is 0 Å². The van der Waals surface area contributed by atoms with Crippen LogP contribution in [0, 0.1) is 0 Å². The first kappa shape index (κ1) is 20.0. The summed E-state index contributed by atoms with van der Waals surface area (Å²) in [6.45, 7) is 1.65. The lowest BCUT2D eigenvalue weighted by atomic mass is 10.1. The van der Waals surface area contributed by atoms with Crippen molar-refractivity contribution in [1.82, 2.24) is 19.3 Å². The Labute approximate surface area is 184 Å². The van der Waals surface area contributed by atoms with E-state index in [1.54, 1.807) is 23.7 Å². The van der Waals surface area contributed by atoms with Crippen molar-refractivity contribution >= 4 is 37.6 Å². The molecular formula is C21H20N6O2S2. The first-order chi connectivity index (χ1) is 15.0. The minimum absolute atomic E-state index is 0.322. The normalized spacial score (nSPS) is 15.5. The number of rotatable bonds is 4. The van der Waals surface area contributed by atoms with Gasteiger partial charge in [0.25, 0.3) is 10.2 Å². The van der Waals surface area contributed by atoms with E-state index in [0.717, 1.165) is 32.0 Å². The van der Waals surface area contributed by atoms with Crippen molar-refractivity contribution in [3.8, 4) is 21.8 Å². The molecule has 31 heavy (non-hydrogen) atoms. The molecule has 0 unspecified atom stereocenters. The summed E-state index contributed by atoms with van der Waals surface area (Å²) in [4.78, 5) is 18.0. The van der Waals surface area contributed by atoms with Crippen LogP contribution in [0.2, 0.25) is 0 Å². The molecule has 1 aliphatic heterocycles. The van der Waals surface area contributed by atoms with Crippen molar-refractivity contribution in [2.75, 3.05) is 31.1 Å². The molecule has 0 amide bonds. The Balaban J connectivity index is 1.60. The van der Waals surface area contributed by atoms with E-state index in [2.05, 4.69) is 28.1 Å². The number of nitrogens with zero attached hydrogens (tertiary/aromatic N) is 5. The van der Waals surface area contributed by atoms with Gasteiger partial charge in [0.2, 0.25) is 0 Å². The second kappa shape index (κ2) is 7.97.